The van der Waals surface area contributed by atoms with E-state index in [-0.39, 0.29) is 52.2 Å². The summed E-state index contributed by atoms with van der Waals surface area (Å²) in [7, 11) is -1.81. The number of halogens is 3. The van der Waals surface area contributed by atoms with Crippen LogP contribution in [0.25, 0.3) is 10.6 Å². The lowest BCUT2D eigenvalue weighted by Crippen LogP contribution is -2.52. The van der Waals surface area contributed by atoms with Crippen LogP contribution in [0, 0.1) is 0 Å². The van der Waals surface area contributed by atoms with Gasteiger partial charge in [-0.15, -0.1) is 11.3 Å². The Bertz CT molecular complexity index is 1760. The third-order valence-electron chi connectivity index (χ3n) is 9.10. The predicted octanol–water partition coefficient (Wildman–Crippen LogP) is 4.61. The molecule has 15 heteroatoms. The molecular weight excluding hydrogens is 629 g/mol. The van der Waals surface area contributed by atoms with E-state index >= 15 is 0 Å². The van der Waals surface area contributed by atoms with Crippen LogP contribution in [0.4, 0.5) is 30.5 Å². The molecule has 3 aromatic rings. The van der Waals surface area contributed by atoms with E-state index in [4.69, 9.17) is 4.74 Å². The summed E-state index contributed by atoms with van der Waals surface area (Å²) >= 11 is 0.711. The molecule has 45 heavy (non-hydrogen) atoms. The number of thiophene rings is 1. The quantitative estimate of drug-likeness (QED) is 0.405. The Kier molecular flexibility index (Phi) is 7.57. The molecule has 3 aliphatic heterocycles. The topological polar surface area (TPSA) is 108 Å². The van der Waals surface area contributed by atoms with Gasteiger partial charge in [-0.05, 0) is 62.6 Å². The Hall–Kier alpha value is -3.27. The van der Waals surface area contributed by atoms with Crippen molar-refractivity contribution in [2.75, 3.05) is 62.4 Å². The van der Waals surface area contributed by atoms with Gasteiger partial charge in [0.25, 0.3) is 5.91 Å². The summed E-state index contributed by atoms with van der Waals surface area (Å²) in [6.07, 6.45) is -2.07. The number of nitrogens with zero attached hydrogens (tertiary/aromatic N) is 5. The highest BCUT2D eigenvalue weighted by Gasteiger charge is 2.41. The fourth-order valence-electron chi connectivity index (χ4n) is 6.02. The predicted molar refractivity (Wildman–Crippen MR) is 164 cm³/mol. The molecule has 7 rings (SSSR count). The molecule has 0 spiro atoms. The third kappa shape index (κ3) is 5.79. The standard InChI is InChI=1S/C30H33F3N6O4S2/c1-17-14-38(8-7-37(17)2)19-5-6-23(21(11-19)18-3-4-18)35-29-34-13-22(30(31,32)33)26(36-29)24-12-25-27(44-24)28(40)39(20-15-43-16-20)9-10-45(25,41)42/h5-6,11-13,17-18,20H,3-4,7-10,14-16H2,1-2H3,(H,34,35,36)/t17-/m1/s1. The molecular formula is C30H33F3N6O4S2. The van der Waals surface area contributed by atoms with E-state index in [0.717, 1.165) is 49.8 Å². The summed E-state index contributed by atoms with van der Waals surface area (Å²) in [5, 5.41) is 3.14. The van der Waals surface area contributed by atoms with Gasteiger partial charge in [0.2, 0.25) is 5.95 Å². The van der Waals surface area contributed by atoms with Gasteiger partial charge < -0.3 is 24.8 Å². The van der Waals surface area contributed by atoms with Gasteiger partial charge in [0, 0.05) is 49.8 Å². The number of hydrogen-bond acceptors (Lipinski definition) is 10. The van der Waals surface area contributed by atoms with Crippen molar-refractivity contribution in [3.8, 4) is 10.6 Å². The molecule has 2 saturated heterocycles. The number of ether oxygens (including phenoxy) is 1. The Morgan fingerprint density at radius 1 is 1.11 bits per heavy atom. The van der Waals surface area contributed by atoms with Crippen LogP contribution in [0.5, 0.6) is 0 Å². The Balaban J connectivity index is 1.24. The lowest BCUT2D eigenvalue weighted by Gasteiger charge is -2.39. The zero-order valence-electron chi connectivity index (χ0n) is 24.8. The number of fused-ring (bicyclic) bond motifs is 1. The molecule has 10 nitrogen and oxygen atoms in total. The number of piperazine rings is 1. The normalized spacial score (nSPS) is 22.6. The number of alkyl halides is 3. The molecule has 1 aromatic carbocycles. The largest absolute Gasteiger partial charge is 0.420 e. The summed E-state index contributed by atoms with van der Waals surface area (Å²) in [5.41, 5.74) is 1.29. The SMILES string of the molecule is C[C@@H]1CN(c2ccc(Nc3ncc(C(F)(F)F)c(-c4cc5c(s4)C(=O)N(C4COC4)CCS5(=O)=O)n3)c(C3CC3)c2)CCN1C. The number of aromatic nitrogens is 2. The van der Waals surface area contributed by atoms with E-state index in [1.807, 2.05) is 12.1 Å². The van der Waals surface area contributed by atoms with Crippen LogP contribution in [-0.4, -0.2) is 98.4 Å². The second-order valence-corrected chi connectivity index (χ2v) is 15.3. The van der Waals surface area contributed by atoms with Crippen LogP contribution in [0.3, 0.4) is 0 Å². The summed E-state index contributed by atoms with van der Waals surface area (Å²) < 4.78 is 74.2. The van der Waals surface area contributed by atoms with Crippen LogP contribution in [0.15, 0.2) is 35.4 Å². The zero-order valence-corrected chi connectivity index (χ0v) is 26.4. The van der Waals surface area contributed by atoms with Crippen LogP contribution >= 0.6 is 11.3 Å². The maximum Gasteiger partial charge on any atom is 0.420 e. The van der Waals surface area contributed by atoms with E-state index in [0.29, 0.717) is 35.2 Å². The smallest absolute Gasteiger partial charge is 0.377 e. The minimum atomic E-state index is -4.81. The van der Waals surface area contributed by atoms with Crippen LogP contribution in [-0.2, 0) is 20.8 Å². The molecule has 0 bridgehead atoms. The number of sulfone groups is 1. The number of benzene rings is 1. The molecule has 1 amide bonds. The summed E-state index contributed by atoms with van der Waals surface area (Å²) in [6.45, 7) is 5.52. The van der Waals surface area contributed by atoms with Gasteiger partial charge in [-0.3, -0.25) is 4.79 Å². The maximum absolute atomic E-state index is 14.2. The van der Waals surface area contributed by atoms with Gasteiger partial charge >= 0.3 is 6.18 Å². The van der Waals surface area contributed by atoms with Gasteiger partial charge in [-0.1, -0.05) is 0 Å². The van der Waals surface area contributed by atoms with Crippen molar-refractivity contribution < 1.29 is 31.1 Å². The monoisotopic (exact) mass is 662 g/mol. The molecule has 2 aromatic heterocycles. The second-order valence-electron chi connectivity index (χ2n) is 12.2. The molecule has 1 aliphatic carbocycles. The van der Waals surface area contributed by atoms with E-state index in [9.17, 15) is 26.4 Å². The molecule has 240 valence electrons. The van der Waals surface area contributed by atoms with E-state index in [2.05, 4.69) is 45.1 Å². The molecule has 1 N–H and O–H groups in total. The van der Waals surface area contributed by atoms with Crippen molar-refractivity contribution in [3.63, 3.8) is 0 Å². The first-order valence-electron chi connectivity index (χ1n) is 14.9. The van der Waals surface area contributed by atoms with Crippen molar-refractivity contribution in [1.29, 1.82) is 0 Å². The molecule has 5 heterocycles. The number of rotatable bonds is 6. The summed E-state index contributed by atoms with van der Waals surface area (Å²) in [4.78, 5) is 27.4. The first kappa shape index (κ1) is 30.4. The van der Waals surface area contributed by atoms with E-state index < -0.39 is 33.2 Å². The number of likely N-dealkylation sites (N-methyl/N-ethyl adjacent to an activating group) is 1. The van der Waals surface area contributed by atoms with E-state index in [1.165, 1.54) is 4.90 Å². The first-order valence-corrected chi connectivity index (χ1v) is 17.4. The highest BCUT2D eigenvalue weighted by atomic mass is 32.2. The van der Waals surface area contributed by atoms with Gasteiger partial charge in [0.1, 0.15) is 10.4 Å². The number of amides is 1. The van der Waals surface area contributed by atoms with E-state index in [1.54, 1.807) is 0 Å². The third-order valence-corrected chi connectivity index (χ3v) is 12.1. The fraction of sp³-hybridized carbons (Fsp3) is 0.500. The molecule has 0 radical (unpaired) electrons. The van der Waals surface area contributed by atoms with Gasteiger partial charge in [0.15, 0.2) is 9.84 Å². The fourth-order valence-corrected chi connectivity index (χ4v) is 8.93. The second kappa shape index (κ2) is 11.2. The lowest BCUT2D eigenvalue weighted by atomic mass is 10.1. The molecule has 0 unspecified atom stereocenters. The zero-order chi connectivity index (χ0) is 31.7. The van der Waals surface area contributed by atoms with Crippen molar-refractivity contribution >= 4 is 44.4 Å². The average Bonchev–Trinajstić information content (AvgIpc) is 3.72. The number of carbonyl (C=O) groups excluding carboxylic acids is 1. The molecule has 3 fully saturated rings. The van der Waals surface area contributed by atoms with Crippen LogP contribution in [0.2, 0.25) is 0 Å². The number of hydrogen-bond donors (Lipinski definition) is 1. The van der Waals surface area contributed by atoms with Gasteiger partial charge in [-0.2, -0.15) is 13.2 Å². The highest BCUT2D eigenvalue weighted by Crippen LogP contribution is 2.46. The number of carbonyl (C=O) groups is 1. The summed E-state index contributed by atoms with van der Waals surface area (Å²) in [6, 6.07) is 7.36. The minimum absolute atomic E-state index is 0.00272. The Morgan fingerprint density at radius 2 is 1.89 bits per heavy atom. The Morgan fingerprint density at radius 3 is 2.56 bits per heavy atom. The highest BCUT2D eigenvalue weighted by molar-refractivity contribution is 7.91. The minimum Gasteiger partial charge on any atom is -0.377 e. The summed E-state index contributed by atoms with van der Waals surface area (Å²) in [5.74, 6) is -0.569. The van der Waals surface area contributed by atoms with Crippen LogP contribution in [0.1, 0.15) is 46.5 Å². The Labute approximate surface area is 263 Å². The van der Waals surface area contributed by atoms with Crippen molar-refractivity contribution in [2.45, 2.75) is 48.8 Å². The van der Waals surface area contributed by atoms with Crippen LogP contribution < -0.4 is 10.2 Å². The van der Waals surface area contributed by atoms with Crippen molar-refractivity contribution in [3.05, 3.63) is 46.5 Å². The van der Waals surface area contributed by atoms with Crippen molar-refractivity contribution in [1.82, 2.24) is 19.8 Å². The number of anilines is 3. The number of nitrogens with one attached hydrogen (secondary N) is 1. The van der Waals surface area contributed by atoms with Gasteiger partial charge in [-0.25, -0.2) is 18.4 Å². The van der Waals surface area contributed by atoms with Crippen molar-refractivity contribution in [2.24, 2.45) is 0 Å². The molecule has 1 atom stereocenters. The molecule has 1 saturated carbocycles. The molecule has 4 aliphatic rings. The maximum atomic E-state index is 14.2. The average molecular weight is 663 g/mol. The lowest BCUT2D eigenvalue weighted by molar-refractivity contribution is -0.137. The van der Waals surface area contributed by atoms with Gasteiger partial charge in [0.05, 0.1) is 40.5 Å². The first-order chi connectivity index (χ1) is 21.4.